The lowest BCUT2D eigenvalue weighted by Crippen LogP contribution is -2.33. The van der Waals surface area contributed by atoms with E-state index in [1.807, 2.05) is 52.9 Å². The molecule has 0 saturated heterocycles. The highest BCUT2D eigenvalue weighted by molar-refractivity contribution is 5.95. The van der Waals surface area contributed by atoms with E-state index < -0.39 is 0 Å². The van der Waals surface area contributed by atoms with Gasteiger partial charge in [0.25, 0.3) is 5.91 Å². The van der Waals surface area contributed by atoms with Crippen LogP contribution in [0.15, 0.2) is 18.2 Å². The van der Waals surface area contributed by atoms with Crippen LogP contribution in [0.2, 0.25) is 0 Å². The predicted molar refractivity (Wildman–Crippen MR) is 63.1 cm³/mol. The fourth-order valence-electron chi connectivity index (χ4n) is 1.48. The van der Waals surface area contributed by atoms with Crippen LogP contribution in [-0.4, -0.2) is 23.9 Å². The molecule has 0 aliphatic rings. The van der Waals surface area contributed by atoms with Gasteiger partial charge in [-0.15, -0.1) is 0 Å². The SMILES string of the molecule is Cc1ccc(C(=O)N(C)C(C)C)c(C)c1. The van der Waals surface area contributed by atoms with Crippen molar-refractivity contribution in [1.29, 1.82) is 0 Å². The van der Waals surface area contributed by atoms with Crippen molar-refractivity contribution in [3.8, 4) is 0 Å². The molecule has 0 N–H and O–H groups in total. The third kappa shape index (κ3) is 2.58. The van der Waals surface area contributed by atoms with Crippen molar-refractivity contribution >= 4 is 5.91 Å². The Bertz CT molecular complexity index is 369. The molecule has 0 heterocycles. The number of hydrogen-bond acceptors (Lipinski definition) is 1. The Morgan fingerprint density at radius 1 is 1.27 bits per heavy atom. The van der Waals surface area contributed by atoms with E-state index in [1.165, 1.54) is 5.56 Å². The summed E-state index contributed by atoms with van der Waals surface area (Å²) in [5.41, 5.74) is 3.04. The molecular weight excluding hydrogens is 186 g/mol. The van der Waals surface area contributed by atoms with Crippen LogP contribution in [0.5, 0.6) is 0 Å². The zero-order valence-corrected chi connectivity index (χ0v) is 10.2. The first-order valence-electron chi connectivity index (χ1n) is 5.28. The molecule has 0 bridgehead atoms. The van der Waals surface area contributed by atoms with E-state index in [1.54, 1.807) is 4.90 Å². The van der Waals surface area contributed by atoms with Crippen LogP contribution < -0.4 is 0 Å². The summed E-state index contributed by atoms with van der Waals surface area (Å²) >= 11 is 0. The van der Waals surface area contributed by atoms with Gasteiger partial charge in [-0.1, -0.05) is 17.7 Å². The summed E-state index contributed by atoms with van der Waals surface area (Å²) < 4.78 is 0. The van der Waals surface area contributed by atoms with Crippen molar-refractivity contribution < 1.29 is 4.79 Å². The van der Waals surface area contributed by atoms with E-state index in [0.717, 1.165) is 11.1 Å². The highest BCUT2D eigenvalue weighted by Crippen LogP contribution is 2.13. The van der Waals surface area contributed by atoms with Gasteiger partial charge in [0, 0.05) is 18.7 Å². The molecule has 1 aromatic carbocycles. The van der Waals surface area contributed by atoms with Crippen molar-refractivity contribution in [2.75, 3.05) is 7.05 Å². The van der Waals surface area contributed by atoms with Gasteiger partial charge < -0.3 is 4.90 Å². The Hall–Kier alpha value is -1.31. The van der Waals surface area contributed by atoms with Crippen molar-refractivity contribution in [3.63, 3.8) is 0 Å². The van der Waals surface area contributed by atoms with Gasteiger partial charge in [0.05, 0.1) is 0 Å². The van der Waals surface area contributed by atoms with Crippen LogP contribution in [-0.2, 0) is 0 Å². The maximum atomic E-state index is 12.0. The number of hydrogen-bond donors (Lipinski definition) is 0. The first kappa shape index (κ1) is 11.8. The van der Waals surface area contributed by atoms with Crippen molar-refractivity contribution in [2.24, 2.45) is 0 Å². The first-order chi connectivity index (χ1) is 6.93. The maximum absolute atomic E-state index is 12.0. The summed E-state index contributed by atoms with van der Waals surface area (Å²) in [5.74, 6) is 0.0995. The topological polar surface area (TPSA) is 20.3 Å². The molecule has 0 atom stereocenters. The van der Waals surface area contributed by atoms with Gasteiger partial charge >= 0.3 is 0 Å². The summed E-state index contributed by atoms with van der Waals surface area (Å²) in [5, 5.41) is 0. The molecule has 1 amide bonds. The molecule has 0 aliphatic heterocycles. The van der Waals surface area contributed by atoms with Gasteiger partial charge in [-0.3, -0.25) is 4.79 Å². The zero-order valence-electron chi connectivity index (χ0n) is 10.2. The molecule has 2 nitrogen and oxygen atoms in total. The average molecular weight is 205 g/mol. The quantitative estimate of drug-likeness (QED) is 0.727. The molecule has 1 aromatic rings. The second kappa shape index (κ2) is 4.47. The third-order valence-corrected chi connectivity index (χ3v) is 2.71. The second-order valence-corrected chi connectivity index (χ2v) is 4.33. The molecule has 0 aliphatic carbocycles. The Balaban J connectivity index is 3.01. The van der Waals surface area contributed by atoms with Gasteiger partial charge in [-0.25, -0.2) is 0 Å². The lowest BCUT2D eigenvalue weighted by molar-refractivity contribution is 0.0754. The highest BCUT2D eigenvalue weighted by atomic mass is 16.2. The monoisotopic (exact) mass is 205 g/mol. The number of rotatable bonds is 2. The molecule has 82 valence electrons. The Labute approximate surface area is 91.9 Å². The lowest BCUT2D eigenvalue weighted by Gasteiger charge is -2.22. The molecule has 0 fully saturated rings. The van der Waals surface area contributed by atoms with Crippen LogP contribution in [0.25, 0.3) is 0 Å². The lowest BCUT2D eigenvalue weighted by atomic mass is 10.0. The Kier molecular flexibility index (Phi) is 3.51. The predicted octanol–water partition coefficient (Wildman–Crippen LogP) is 2.78. The van der Waals surface area contributed by atoms with E-state index in [-0.39, 0.29) is 11.9 Å². The minimum absolute atomic E-state index is 0.0995. The maximum Gasteiger partial charge on any atom is 0.254 e. The number of nitrogens with zero attached hydrogens (tertiary/aromatic N) is 1. The van der Waals surface area contributed by atoms with Crippen LogP contribution >= 0.6 is 0 Å². The molecule has 0 aromatic heterocycles. The molecule has 2 heteroatoms. The third-order valence-electron chi connectivity index (χ3n) is 2.71. The van der Waals surface area contributed by atoms with Gasteiger partial charge in [-0.05, 0) is 39.3 Å². The number of benzene rings is 1. The van der Waals surface area contributed by atoms with E-state index in [0.29, 0.717) is 0 Å². The van der Waals surface area contributed by atoms with Crippen molar-refractivity contribution in [1.82, 2.24) is 4.90 Å². The fraction of sp³-hybridized carbons (Fsp3) is 0.462. The van der Waals surface area contributed by atoms with Gasteiger partial charge in [-0.2, -0.15) is 0 Å². The van der Waals surface area contributed by atoms with Crippen LogP contribution in [0, 0.1) is 13.8 Å². The fourth-order valence-corrected chi connectivity index (χ4v) is 1.48. The number of carbonyl (C=O) groups excluding carboxylic acids is 1. The molecular formula is C13H19NO. The minimum atomic E-state index is 0.0995. The van der Waals surface area contributed by atoms with E-state index >= 15 is 0 Å². The highest BCUT2D eigenvalue weighted by Gasteiger charge is 2.15. The summed E-state index contributed by atoms with van der Waals surface area (Å²) in [4.78, 5) is 13.8. The largest absolute Gasteiger partial charge is 0.339 e. The Morgan fingerprint density at radius 3 is 2.33 bits per heavy atom. The molecule has 1 rings (SSSR count). The van der Waals surface area contributed by atoms with E-state index in [2.05, 4.69) is 0 Å². The minimum Gasteiger partial charge on any atom is -0.339 e. The molecule has 0 radical (unpaired) electrons. The summed E-state index contributed by atoms with van der Waals surface area (Å²) in [6, 6.07) is 6.17. The van der Waals surface area contributed by atoms with E-state index in [4.69, 9.17) is 0 Å². The molecule has 0 unspecified atom stereocenters. The first-order valence-corrected chi connectivity index (χ1v) is 5.28. The normalized spacial score (nSPS) is 10.5. The second-order valence-electron chi connectivity index (χ2n) is 4.33. The summed E-state index contributed by atoms with van der Waals surface area (Å²) in [6.07, 6.45) is 0. The van der Waals surface area contributed by atoms with Gasteiger partial charge in [0.2, 0.25) is 0 Å². The van der Waals surface area contributed by atoms with Crippen molar-refractivity contribution in [3.05, 3.63) is 34.9 Å². The van der Waals surface area contributed by atoms with E-state index in [9.17, 15) is 4.79 Å². The van der Waals surface area contributed by atoms with Gasteiger partial charge in [0.1, 0.15) is 0 Å². The zero-order chi connectivity index (χ0) is 11.6. The summed E-state index contributed by atoms with van der Waals surface area (Å²) in [7, 11) is 1.84. The van der Waals surface area contributed by atoms with Crippen LogP contribution in [0.4, 0.5) is 0 Å². The molecule has 0 spiro atoms. The van der Waals surface area contributed by atoms with Crippen LogP contribution in [0.3, 0.4) is 0 Å². The molecule has 0 saturated carbocycles. The van der Waals surface area contributed by atoms with Crippen LogP contribution in [0.1, 0.15) is 35.3 Å². The number of aryl methyl sites for hydroxylation is 2. The van der Waals surface area contributed by atoms with Crippen molar-refractivity contribution in [2.45, 2.75) is 33.7 Å². The number of amides is 1. The standard InChI is InChI=1S/C13H19NO/c1-9(2)14(5)13(15)12-7-6-10(3)8-11(12)4/h6-9H,1-5H3. The average Bonchev–Trinajstić information content (AvgIpc) is 2.15. The Morgan fingerprint density at radius 2 is 1.87 bits per heavy atom. The van der Waals surface area contributed by atoms with Gasteiger partial charge in [0.15, 0.2) is 0 Å². The smallest absolute Gasteiger partial charge is 0.254 e. The summed E-state index contributed by atoms with van der Waals surface area (Å²) in [6.45, 7) is 8.05. The molecule has 15 heavy (non-hydrogen) atoms. The number of carbonyl (C=O) groups is 1.